The maximum Gasteiger partial charge on any atom is 0.268 e. The van der Waals surface area contributed by atoms with Crippen molar-refractivity contribution in [2.24, 2.45) is 0 Å². The first kappa shape index (κ1) is 21.3. The molecule has 2 aromatic carbocycles. The molecule has 158 valence electrons. The van der Waals surface area contributed by atoms with Gasteiger partial charge in [-0.25, -0.2) is 0 Å². The number of aromatic amines is 1. The molecule has 1 unspecified atom stereocenters. The van der Waals surface area contributed by atoms with Gasteiger partial charge in [0.15, 0.2) is 0 Å². The highest BCUT2D eigenvalue weighted by molar-refractivity contribution is 7.99. The molecule has 0 spiro atoms. The van der Waals surface area contributed by atoms with Crippen molar-refractivity contribution in [1.29, 1.82) is 0 Å². The van der Waals surface area contributed by atoms with Crippen molar-refractivity contribution in [3.63, 3.8) is 0 Å². The van der Waals surface area contributed by atoms with Gasteiger partial charge in [0.25, 0.3) is 5.91 Å². The van der Waals surface area contributed by atoms with Gasteiger partial charge in [-0.1, -0.05) is 41.9 Å². The number of hydrogen-bond donors (Lipinski definition) is 2. The van der Waals surface area contributed by atoms with E-state index in [2.05, 4.69) is 47.2 Å². The fourth-order valence-corrected chi connectivity index (χ4v) is 5.23. The van der Waals surface area contributed by atoms with Gasteiger partial charge in [0, 0.05) is 40.0 Å². The number of fused-ring (bicyclic) bond motifs is 1. The fraction of sp³-hybridized carbons (Fsp3) is 0.375. The van der Waals surface area contributed by atoms with Crippen molar-refractivity contribution < 1.29 is 4.79 Å². The smallest absolute Gasteiger partial charge is 0.268 e. The second-order valence-electron chi connectivity index (χ2n) is 8.07. The van der Waals surface area contributed by atoms with Crippen molar-refractivity contribution in [3.8, 4) is 0 Å². The number of carbonyl (C=O) groups is 1. The van der Waals surface area contributed by atoms with Crippen LogP contribution in [0, 0.1) is 6.92 Å². The van der Waals surface area contributed by atoms with Crippen LogP contribution < -0.4 is 5.32 Å². The Balaban J connectivity index is 1.54. The number of carbonyl (C=O) groups excluding carboxylic acids is 1. The number of aromatic nitrogens is 1. The molecule has 1 amide bonds. The molecule has 4 nitrogen and oxygen atoms in total. The third kappa shape index (κ3) is 4.85. The number of H-pyrrole nitrogens is 1. The molecule has 1 saturated heterocycles. The highest BCUT2D eigenvalue weighted by Gasteiger charge is 2.21. The van der Waals surface area contributed by atoms with Crippen LogP contribution in [0.2, 0.25) is 5.02 Å². The molecule has 1 fully saturated rings. The van der Waals surface area contributed by atoms with Gasteiger partial charge in [-0.15, -0.1) is 0 Å². The second kappa shape index (κ2) is 9.46. The van der Waals surface area contributed by atoms with Crippen LogP contribution in [0.4, 0.5) is 0 Å². The Kier molecular flexibility index (Phi) is 6.71. The number of piperidine rings is 1. The van der Waals surface area contributed by atoms with Crippen LogP contribution in [-0.2, 0) is 0 Å². The number of likely N-dealkylation sites (tertiary alicyclic amines) is 1. The highest BCUT2D eigenvalue weighted by atomic mass is 35.5. The first-order valence-electron chi connectivity index (χ1n) is 10.6. The molecule has 0 saturated carbocycles. The van der Waals surface area contributed by atoms with Crippen molar-refractivity contribution >= 4 is 40.2 Å². The molecule has 3 aromatic rings. The predicted octanol–water partition coefficient (Wildman–Crippen LogP) is 5.89. The van der Waals surface area contributed by atoms with Crippen molar-refractivity contribution in [3.05, 3.63) is 58.7 Å². The maximum atomic E-state index is 13.1. The Hall–Kier alpha value is -1.95. The summed E-state index contributed by atoms with van der Waals surface area (Å²) in [6.07, 6.45) is 3.81. The van der Waals surface area contributed by atoms with Crippen LogP contribution in [0.3, 0.4) is 0 Å². The van der Waals surface area contributed by atoms with Crippen LogP contribution in [0.5, 0.6) is 0 Å². The van der Waals surface area contributed by atoms with E-state index < -0.39 is 0 Å². The molecular weight excluding hydrogens is 414 g/mol. The summed E-state index contributed by atoms with van der Waals surface area (Å²) < 4.78 is 0. The van der Waals surface area contributed by atoms with Crippen molar-refractivity contribution in [1.82, 2.24) is 15.2 Å². The summed E-state index contributed by atoms with van der Waals surface area (Å²) in [6, 6.07) is 14.6. The monoisotopic (exact) mass is 441 g/mol. The Morgan fingerprint density at radius 3 is 2.80 bits per heavy atom. The number of amides is 1. The average molecular weight is 442 g/mol. The van der Waals surface area contributed by atoms with E-state index in [1.807, 2.05) is 24.3 Å². The van der Waals surface area contributed by atoms with Crippen LogP contribution in [0.25, 0.3) is 10.9 Å². The van der Waals surface area contributed by atoms with Gasteiger partial charge in [0.2, 0.25) is 0 Å². The van der Waals surface area contributed by atoms with Crippen LogP contribution in [0.15, 0.2) is 52.3 Å². The Labute approximate surface area is 187 Å². The summed E-state index contributed by atoms with van der Waals surface area (Å²) in [5.41, 5.74) is 2.78. The van der Waals surface area contributed by atoms with E-state index in [1.165, 1.54) is 19.3 Å². The molecule has 6 heteroatoms. The van der Waals surface area contributed by atoms with E-state index in [1.54, 1.807) is 11.8 Å². The van der Waals surface area contributed by atoms with Crippen molar-refractivity contribution in [2.75, 3.05) is 19.6 Å². The number of hydrogen-bond acceptors (Lipinski definition) is 3. The van der Waals surface area contributed by atoms with Crippen LogP contribution >= 0.6 is 23.4 Å². The molecule has 2 N–H and O–H groups in total. The lowest BCUT2D eigenvalue weighted by Gasteiger charge is -2.33. The third-order valence-corrected chi connectivity index (χ3v) is 7.18. The topological polar surface area (TPSA) is 48.1 Å². The number of halogens is 1. The van der Waals surface area contributed by atoms with Crippen LogP contribution in [0.1, 0.15) is 42.2 Å². The maximum absolute atomic E-state index is 13.1. The number of nitrogens with one attached hydrogen (secondary N) is 2. The lowest BCUT2D eigenvalue weighted by Crippen LogP contribution is -2.42. The fourth-order valence-electron chi connectivity index (χ4n) is 4.06. The number of nitrogens with zero attached hydrogens (tertiary/aromatic N) is 1. The highest BCUT2D eigenvalue weighted by Crippen LogP contribution is 2.37. The Morgan fingerprint density at radius 2 is 2.03 bits per heavy atom. The second-order valence-corrected chi connectivity index (χ2v) is 9.59. The molecule has 30 heavy (non-hydrogen) atoms. The van der Waals surface area contributed by atoms with E-state index in [0.29, 0.717) is 23.3 Å². The van der Waals surface area contributed by atoms with Gasteiger partial charge < -0.3 is 10.3 Å². The first-order chi connectivity index (χ1) is 14.5. The number of rotatable bonds is 6. The Morgan fingerprint density at radius 1 is 1.23 bits per heavy atom. The molecule has 4 rings (SSSR count). The Bertz CT molecular complexity index is 1030. The quantitative estimate of drug-likeness (QED) is 0.501. The summed E-state index contributed by atoms with van der Waals surface area (Å²) in [5, 5.41) is 4.90. The lowest BCUT2D eigenvalue weighted by atomic mass is 10.0. The van der Waals surface area contributed by atoms with E-state index in [0.717, 1.165) is 39.3 Å². The van der Waals surface area contributed by atoms with Gasteiger partial charge in [-0.2, -0.15) is 0 Å². The summed E-state index contributed by atoms with van der Waals surface area (Å²) in [6.45, 7) is 7.02. The summed E-state index contributed by atoms with van der Waals surface area (Å²) in [4.78, 5) is 20.9. The first-order valence-corrected chi connectivity index (χ1v) is 11.8. The molecule has 1 atom stereocenters. The largest absolute Gasteiger partial charge is 0.350 e. The molecule has 1 aromatic heterocycles. The zero-order chi connectivity index (χ0) is 21.1. The van der Waals surface area contributed by atoms with E-state index in [4.69, 9.17) is 11.6 Å². The molecule has 1 aliphatic rings. The normalized spacial score (nSPS) is 17.4. The SMILES string of the molecule is Cc1ccc2c(Sc3ccc(Cl)cc3)c(C(=O)NCCN3CCCCC3C)[nH]c2c1. The van der Waals surface area contributed by atoms with Gasteiger partial charge in [-0.3, -0.25) is 9.69 Å². The van der Waals surface area contributed by atoms with Crippen LogP contribution in [-0.4, -0.2) is 41.5 Å². The number of aryl methyl sites for hydroxylation is 1. The predicted molar refractivity (Wildman–Crippen MR) is 126 cm³/mol. The van der Waals surface area contributed by atoms with E-state index in [-0.39, 0.29) is 5.91 Å². The summed E-state index contributed by atoms with van der Waals surface area (Å²) in [5.74, 6) is -0.0509. The van der Waals surface area contributed by atoms with E-state index >= 15 is 0 Å². The molecule has 1 aliphatic heterocycles. The third-order valence-electron chi connectivity index (χ3n) is 5.79. The molecule has 0 aliphatic carbocycles. The minimum atomic E-state index is -0.0509. The van der Waals surface area contributed by atoms with Gasteiger partial charge in [-0.05, 0) is 69.1 Å². The lowest BCUT2D eigenvalue weighted by molar-refractivity contribution is 0.0931. The molecular formula is C24H28ClN3OS. The average Bonchev–Trinajstić information content (AvgIpc) is 3.08. The minimum absolute atomic E-state index is 0.0509. The standard InChI is InChI=1S/C24H28ClN3OS/c1-16-6-11-20-21(15-16)27-22(23(20)30-19-9-7-18(25)8-10-19)24(29)26-12-14-28-13-4-3-5-17(28)2/h6-11,15,17,27H,3-5,12-14H2,1-2H3,(H,26,29). The minimum Gasteiger partial charge on any atom is -0.350 e. The van der Waals surface area contributed by atoms with Gasteiger partial charge >= 0.3 is 0 Å². The van der Waals surface area contributed by atoms with E-state index in [9.17, 15) is 4.79 Å². The number of benzene rings is 2. The van der Waals surface area contributed by atoms with Gasteiger partial charge in [0.1, 0.15) is 5.69 Å². The zero-order valence-corrected chi connectivity index (χ0v) is 19.1. The molecule has 0 bridgehead atoms. The summed E-state index contributed by atoms with van der Waals surface area (Å²) in [7, 11) is 0. The molecule has 2 heterocycles. The van der Waals surface area contributed by atoms with Gasteiger partial charge in [0.05, 0.1) is 4.90 Å². The molecule has 0 radical (unpaired) electrons. The summed E-state index contributed by atoms with van der Waals surface area (Å²) >= 11 is 7.63. The zero-order valence-electron chi connectivity index (χ0n) is 17.5. The van der Waals surface area contributed by atoms with Crippen molar-refractivity contribution in [2.45, 2.75) is 48.9 Å².